The first-order valence-corrected chi connectivity index (χ1v) is 7.87. The van der Waals surface area contributed by atoms with E-state index in [0.29, 0.717) is 23.6 Å². The van der Waals surface area contributed by atoms with Crippen molar-refractivity contribution in [3.63, 3.8) is 0 Å². The van der Waals surface area contributed by atoms with Crippen molar-refractivity contribution in [1.82, 2.24) is 15.1 Å². The maximum Gasteiger partial charge on any atom is 0.166 e. The van der Waals surface area contributed by atoms with E-state index in [4.69, 9.17) is 4.74 Å². The lowest BCUT2D eigenvalue weighted by atomic mass is 10.1. The molecule has 22 heavy (non-hydrogen) atoms. The van der Waals surface area contributed by atoms with E-state index in [-0.39, 0.29) is 0 Å². The Morgan fingerprint density at radius 3 is 2.59 bits per heavy atom. The lowest BCUT2D eigenvalue weighted by molar-refractivity contribution is -0.0678. The SMILES string of the molecule is Cc1nnc(NCCCN2C[C@H](C)O[C@@H](C)C2)c(C#N)c1C. The molecule has 1 aromatic heterocycles. The van der Waals surface area contributed by atoms with Crippen molar-refractivity contribution in [1.29, 1.82) is 5.26 Å². The number of nitrogens with one attached hydrogen (secondary N) is 1. The van der Waals surface area contributed by atoms with Gasteiger partial charge in [0.1, 0.15) is 11.6 Å². The van der Waals surface area contributed by atoms with E-state index in [1.54, 1.807) is 0 Å². The van der Waals surface area contributed by atoms with Crippen molar-refractivity contribution in [2.24, 2.45) is 0 Å². The third-order valence-electron chi connectivity index (χ3n) is 4.01. The van der Waals surface area contributed by atoms with Gasteiger partial charge in [0.2, 0.25) is 0 Å². The molecule has 2 atom stereocenters. The zero-order valence-corrected chi connectivity index (χ0v) is 13.9. The van der Waals surface area contributed by atoms with Crippen LogP contribution in [0.5, 0.6) is 0 Å². The summed E-state index contributed by atoms with van der Waals surface area (Å²) in [5.74, 6) is 0.592. The van der Waals surface area contributed by atoms with Crippen LogP contribution in [0, 0.1) is 25.2 Å². The highest BCUT2D eigenvalue weighted by Crippen LogP contribution is 2.17. The quantitative estimate of drug-likeness (QED) is 0.837. The smallest absolute Gasteiger partial charge is 0.166 e. The molecule has 1 aliphatic rings. The van der Waals surface area contributed by atoms with Crippen LogP contribution in [0.2, 0.25) is 0 Å². The van der Waals surface area contributed by atoms with Crippen molar-refractivity contribution in [3.05, 3.63) is 16.8 Å². The van der Waals surface area contributed by atoms with Crippen molar-refractivity contribution >= 4 is 5.82 Å². The minimum absolute atomic E-state index is 0.299. The maximum atomic E-state index is 9.26. The van der Waals surface area contributed by atoms with Gasteiger partial charge in [-0.15, -0.1) is 5.10 Å². The zero-order chi connectivity index (χ0) is 16.1. The molecule has 0 aliphatic carbocycles. The Morgan fingerprint density at radius 2 is 1.95 bits per heavy atom. The number of rotatable bonds is 5. The molecule has 0 unspecified atom stereocenters. The summed E-state index contributed by atoms with van der Waals surface area (Å²) >= 11 is 0. The molecule has 1 fully saturated rings. The summed E-state index contributed by atoms with van der Waals surface area (Å²) < 4.78 is 5.74. The largest absolute Gasteiger partial charge is 0.373 e. The fraction of sp³-hybridized carbons (Fsp3) is 0.688. The van der Waals surface area contributed by atoms with Gasteiger partial charge in [-0.25, -0.2) is 0 Å². The van der Waals surface area contributed by atoms with Gasteiger partial charge >= 0.3 is 0 Å². The highest BCUT2D eigenvalue weighted by molar-refractivity contribution is 5.55. The Hall–Kier alpha value is -1.71. The topological polar surface area (TPSA) is 74.1 Å². The second-order valence-electron chi connectivity index (χ2n) is 6.04. The van der Waals surface area contributed by atoms with E-state index in [1.807, 2.05) is 13.8 Å². The Kier molecular flexibility index (Phi) is 5.69. The summed E-state index contributed by atoms with van der Waals surface area (Å²) in [5, 5.41) is 20.7. The van der Waals surface area contributed by atoms with E-state index in [9.17, 15) is 5.26 Å². The van der Waals surface area contributed by atoms with Gasteiger partial charge in [-0.1, -0.05) is 0 Å². The molecule has 0 bridgehead atoms. The summed E-state index contributed by atoms with van der Waals surface area (Å²) in [7, 11) is 0. The summed E-state index contributed by atoms with van der Waals surface area (Å²) in [6.07, 6.45) is 1.60. The van der Waals surface area contributed by atoms with Crippen molar-refractivity contribution < 1.29 is 4.74 Å². The molecule has 2 rings (SSSR count). The number of morpholine rings is 1. The van der Waals surface area contributed by atoms with E-state index in [0.717, 1.165) is 43.9 Å². The molecular weight excluding hydrogens is 278 g/mol. The Bertz CT molecular complexity index is 544. The van der Waals surface area contributed by atoms with Gasteiger partial charge < -0.3 is 10.1 Å². The summed E-state index contributed by atoms with van der Waals surface area (Å²) in [6.45, 7) is 11.8. The highest BCUT2D eigenvalue weighted by atomic mass is 16.5. The van der Waals surface area contributed by atoms with Crippen LogP contribution in [0.4, 0.5) is 5.82 Å². The normalized spacial score (nSPS) is 22.3. The summed E-state index contributed by atoms with van der Waals surface area (Å²) in [6, 6.07) is 2.21. The molecule has 120 valence electrons. The van der Waals surface area contributed by atoms with Gasteiger partial charge in [-0.3, -0.25) is 4.90 Å². The number of nitriles is 1. The lowest BCUT2D eigenvalue weighted by Crippen LogP contribution is -2.45. The highest BCUT2D eigenvalue weighted by Gasteiger charge is 2.21. The van der Waals surface area contributed by atoms with Gasteiger partial charge in [0.15, 0.2) is 5.82 Å². The van der Waals surface area contributed by atoms with Crippen LogP contribution < -0.4 is 5.32 Å². The zero-order valence-electron chi connectivity index (χ0n) is 13.9. The number of ether oxygens (including phenoxy) is 1. The van der Waals surface area contributed by atoms with Gasteiger partial charge in [0.05, 0.1) is 17.9 Å². The van der Waals surface area contributed by atoms with Crippen molar-refractivity contribution in [3.8, 4) is 6.07 Å². The average molecular weight is 303 g/mol. The molecule has 1 aliphatic heterocycles. The van der Waals surface area contributed by atoms with E-state index < -0.39 is 0 Å². The summed E-state index contributed by atoms with van der Waals surface area (Å²) in [5.41, 5.74) is 2.30. The Balaban J connectivity index is 1.82. The van der Waals surface area contributed by atoms with Crippen LogP contribution in [0.25, 0.3) is 0 Å². The van der Waals surface area contributed by atoms with Crippen LogP contribution in [-0.2, 0) is 4.74 Å². The molecule has 2 heterocycles. The van der Waals surface area contributed by atoms with Gasteiger partial charge in [-0.05, 0) is 39.7 Å². The number of anilines is 1. The van der Waals surface area contributed by atoms with E-state index in [1.165, 1.54) is 0 Å². The molecule has 0 aromatic carbocycles. The van der Waals surface area contributed by atoms with Crippen LogP contribution in [0.1, 0.15) is 37.1 Å². The molecule has 1 N–H and O–H groups in total. The third-order valence-corrected chi connectivity index (χ3v) is 4.01. The van der Waals surface area contributed by atoms with Crippen LogP contribution >= 0.6 is 0 Å². The predicted molar refractivity (Wildman–Crippen MR) is 85.8 cm³/mol. The standard InChI is InChI=1S/C16H25N5O/c1-11-9-21(10-12(2)22-11)7-5-6-18-16-15(8-17)13(3)14(4)19-20-16/h11-12H,5-7,9-10H2,1-4H3,(H,18,20)/t11-,12-/m0/s1. The predicted octanol–water partition coefficient (Wildman–Crippen LogP) is 1.88. The molecule has 1 aromatic rings. The number of hydrogen-bond donors (Lipinski definition) is 1. The van der Waals surface area contributed by atoms with Gasteiger partial charge in [0, 0.05) is 26.2 Å². The van der Waals surface area contributed by atoms with Crippen LogP contribution in [0.3, 0.4) is 0 Å². The monoisotopic (exact) mass is 303 g/mol. The van der Waals surface area contributed by atoms with Gasteiger partial charge in [-0.2, -0.15) is 10.4 Å². The Labute approximate surface area is 132 Å². The number of nitrogens with zero attached hydrogens (tertiary/aromatic N) is 4. The van der Waals surface area contributed by atoms with Crippen LogP contribution in [-0.4, -0.2) is 53.5 Å². The fourth-order valence-corrected chi connectivity index (χ4v) is 2.85. The third kappa shape index (κ3) is 4.15. The van der Waals surface area contributed by atoms with E-state index in [2.05, 4.69) is 40.3 Å². The molecule has 0 spiro atoms. The fourth-order valence-electron chi connectivity index (χ4n) is 2.85. The molecule has 6 heteroatoms. The maximum absolute atomic E-state index is 9.26. The first-order chi connectivity index (χ1) is 10.5. The second-order valence-corrected chi connectivity index (χ2v) is 6.04. The molecule has 0 radical (unpaired) electrons. The minimum Gasteiger partial charge on any atom is -0.373 e. The molecule has 0 amide bonds. The lowest BCUT2D eigenvalue weighted by Gasteiger charge is -2.35. The van der Waals surface area contributed by atoms with Crippen molar-refractivity contribution in [2.75, 3.05) is 31.5 Å². The molecular formula is C16H25N5O. The second kappa shape index (κ2) is 7.52. The number of hydrogen-bond acceptors (Lipinski definition) is 6. The number of aromatic nitrogens is 2. The minimum atomic E-state index is 0.299. The van der Waals surface area contributed by atoms with Crippen LogP contribution in [0.15, 0.2) is 0 Å². The molecule has 0 saturated carbocycles. The number of aryl methyl sites for hydroxylation is 1. The Morgan fingerprint density at radius 1 is 1.27 bits per heavy atom. The molecule has 6 nitrogen and oxygen atoms in total. The first-order valence-electron chi connectivity index (χ1n) is 7.87. The summed E-state index contributed by atoms with van der Waals surface area (Å²) in [4.78, 5) is 2.43. The molecule has 1 saturated heterocycles. The average Bonchev–Trinajstić information content (AvgIpc) is 2.46. The van der Waals surface area contributed by atoms with Crippen molar-refractivity contribution in [2.45, 2.75) is 46.3 Å². The van der Waals surface area contributed by atoms with E-state index >= 15 is 0 Å². The van der Waals surface area contributed by atoms with Gasteiger partial charge in [0.25, 0.3) is 0 Å². The first kappa shape index (κ1) is 16.7.